The SMILES string of the molecule is CCN(CC)C(=O)c1nnc(CCc2ccccc2)o1. The van der Waals surface area contributed by atoms with E-state index in [1.165, 1.54) is 5.56 Å². The van der Waals surface area contributed by atoms with Gasteiger partial charge in [-0.3, -0.25) is 4.79 Å². The second-order valence-electron chi connectivity index (χ2n) is 4.46. The van der Waals surface area contributed by atoms with Crippen LogP contribution < -0.4 is 0 Å². The van der Waals surface area contributed by atoms with Crippen LogP contribution in [0.1, 0.15) is 36.0 Å². The number of aryl methyl sites for hydroxylation is 2. The topological polar surface area (TPSA) is 59.2 Å². The van der Waals surface area contributed by atoms with E-state index in [0.717, 1.165) is 6.42 Å². The molecule has 0 spiro atoms. The molecule has 0 saturated heterocycles. The number of carbonyl (C=O) groups is 1. The average Bonchev–Trinajstić information content (AvgIpc) is 2.96. The molecule has 5 nitrogen and oxygen atoms in total. The minimum Gasteiger partial charge on any atom is -0.417 e. The van der Waals surface area contributed by atoms with Crippen LogP contribution in [0.3, 0.4) is 0 Å². The first-order chi connectivity index (χ1) is 9.74. The molecule has 1 aromatic carbocycles. The maximum atomic E-state index is 12.0. The van der Waals surface area contributed by atoms with Gasteiger partial charge < -0.3 is 9.32 Å². The van der Waals surface area contributed by atoms with Gasteiger partial charge in [0.25, 0.3) is 0 Å². The molecule has 0 bridgehead atoms. The first kappa shape index (κ1) is 14.2. The number of benzene rings is 1. The van der Waals surface area contributed by atoms with Crippen LogP contribution >= 0.6 is 0 Å². The zero-order valence-electron chi connectivity index (χ0n) is 11.9. The van der Waals surface area contributed by atoms with Crippen LogP contribution in [-0.2, 0) is 12.8 Å². The van der Waals surface area contributed by atoms with Crippen molar-refractivity contribution in [3.05, 3.63) is 47.7 Å². The fourth-order valence-corrected chi connectivity index (χ4v) is 1.98. The van der Waals surface area contributed by atoms with Gasteiger partial charge in [-0.1, -0.05) is 30.3 Å². The monoisotopic (exact) mass is 273 g/mol. The van der Waals surface area contributed by atoms with Gasteiger partial charge in [0.05, 0.1) is 0 Å². The van der Waals surface area contributed by atoms with Crippen LogP contribution in [0.25, 0.3) is 0 Å². The van der Waals surface area contributed by atoms with Gasteiger partial charge in [-0.05, 0) is 25.8 Å². The van der Waals surface area contributed by atoms with Crippen LogP contribution in [-0.4, -0.2) is 34.1 Å². The summed E-state index contributed by atoms with van der Waals surface area (Å²) >= 11 is 0. The van der Waals surface area contributed by atoms with Gasteiger partial charge in [0, 0.05) is 19.5 Å². The molecule has 0 fully saturated rings. The lowest BCUT2D eigenvalue weighted by atomic mass is 10.1. The summed E-state index contributed by atoms with van der Waals surface area (Å²) in [5, 5.41) is 7.78. The van der Waals surface area contributed by atoms with Crippen molar-refractivity contribution < 1.29 is 9.21 Å². The summed E-state index contributed by atoms with van der Waals surface area (Å²) in [4.78, 5) is 13.7. The molecule has 0 N–H and O–H groups in total. The number of nitrogens with zero attached hydrogens (tertiary/aromatic N) is 3. The summed E-state index contributed by atoms with van der Waals surface area (Å²) in [6.45, 7) is 5.12. The molecule has 2 rings (SSSR count). The predicted molar refractivity (Wildman–Crippen MR) is 75.4 cm³/mol. The Morgan fingerprint density at radius 1 is 1.10 bits per heavy atom. The fourth-order valence-electron chi connectivity index (χ4n) is 1.98. The molecule has 1 amide bonds. The van der Waals surface area contributed by atoms with Gasteiger partial charge in [0.1, 0.15) is 0 Å². The highest BCUT2D eigenvalue weighted by Crippen LogP contribution is 2.08. The third kappa shape index (κ3) is 3.44. The Balaban J connectivity index is 1.97. The van der Waals surface area contributed by atoms with Crippen molar-refractivity contribution in [1.82, 2.24) is 15.1 Å². The highest BCUT2D eigenvalue weighted by atomic mass is 16.4. The summed E-state index contributed by atoms with van der Waals surface area (Å²) in [7, 11) is 0. The highest BCUT2D eigenvalue weighted by molar-refractivity contribution is 5.89. The van der Waals surface area contributed by atoms with E-state index in [-0.39, 0.29) is 11.8 Å². The predicted octanol–water partition coefficient (Wildman–Crippen LogP) is 2.34. The van der Waals surface area contributed by atoms with Crippen molar-refractivity contribution >= 4 is 5.91 Å². The average molecular weight is 273 g/mol. The summed E-state index contributed by atoms with van der Waals surface area (Å²) < 4.78 is 5.44. The summed E-state index contributed by atoms with van der Waals surface area (Å²) in [6.07, 6.45) is 1.46. The molecule has 5 heteroatoms. The Hall–Kier alpha value is -2.17. The number of aromatic nitrogens is 2. The van der Waals surface area contributed by atoms with Crippen molar-refractivity contribution in [2.45, 2.75) is 26.7 Å². The van der Waals surface area contributed by atoms with Crippen molar-refractivity contribution in [2.24, 2.45) is 0 Å². The lowest BCUT2D eigenvalue weighted by Crippen LogP contribution is -2.30. The zero-order valence-corrected chi connectivity index (χ0v) is 11.9. The molecule has 2 aromatic rings. The second kappa shape index (κ2) is 6.84. The number of carbonyl (C=O) groups excluding carboxylic acids is 1. The Bertz CT molecular complexity index is 547. The van der Waals surface area contributed by atoms with E-state index >= 15 is 0 Å². The number of amides is 1. The molecule has 0 atom stereocenters. The molecule has 1 aromatic heterocycles. The number of rotatable bonds is 6. The molecule has 0 unspecified atom stereocenters. The molecule has 0 aliphatic heterocycles. The lowest BCUT2D eigenvalue weighted by Gasteiger charge is -2.15. The van der Waals surface area contributed by atoms with Gasteiger partial charge in [-0.2, -0.15) is 0 Å². The summed E-state index contributed by atoms with van der Waals surface area (Å²) in [5.41, 5.74) is 1.21. The van der Waals surface area contributed by atoms with Gasteiger partial charge in [-0.15, -0.1) is 10.2 Å². The minimum absolute atomic E-state index is 0.0803. The van der Waals surface area contributed by atoms with E-state index in [0.29, 0.717) is 25.4 Å². The first-order valence-electron chi connectivity index (χ1n) is 6.90. The van der Waals surface area contributed by atoms with E-state index in [2.05, 4.69) is 22.3 Å². The highest BCUT2D eigenvalue weighted by Gasteiger charge is 2.19. The van der Waals surface area contributed by atoms with E-state index in [1.54, 1.807) is 4.90 Å². The number of hydrogen-bond acceptors (Lipinski definition) is 4. The molecular formula is C15H19N3O2. The van der Waals surface area contributed by atoms with Crippen LogP contribution in [0.2, 0.25) is 0 Å². The molecule has 0 radical (unpaired) electrons. The molecule has 0 saturated carbocycles. The third-order valence-corrected chi connectivity index (χ3v) is 3.17. The molecular weight excluding hydrogens is 254 g/mol. The van der Waals surface area contributed by atoms with Crippen LogP contribution in [0.15, 0.2) is 34.7 Å². The van der Waals surface area contributed by atoms with Crippen molar-refractivity contribution in [3.8, 4) is 0 Å². The van der Waals surface area contributed by atoms with Crippen molar-refractivity contribution in [3.63, 3.8) is 0 Å². The Kier molecular flexibility index (Phi) is 4.87. The lowest BCUT2D eigenvalue weighted by molar-refractivity contribution is 0.0731. The zero-order chi connectivity index (χ0) is 14.4. The second-order valence-corrected chi connectivity index (χ2v) is 4.46. The Morgan fingerprint density at radius 2 is 1.80 bits per heavy atom. The van der Waals surface area contributed by atoms with Gasteiger partial charge in [0.2, 0.25) is 5.89 Å². The van der Waals surface area contributed by atoms with Gasteiger partial charge in [-0.25, -0.2) is 0 Å². The first-order valence-corrected chi connectivity index (χ1v) is 6.90. The van der Waals surface area contributed by atoms with Gasteiger partial charge >= 0.3 is 11.8 Å². The van der Waals surface area contributed by atoms with E-state index < -0.39 is 0 Å². The Labute approximate surface area is 118 Å². The molecule has 106 valence electrons. The molecule has 1 heterocycles. The summed E-state index contributed by atoms with van der Waals surface area (Å²) in [5.74, 6) is 0.384. The molecule has 0 aliphatic carbocycles. The maximum Gasteiger partial charge on any atom is 0.311 e. The van der Waals surface area contributed by atoms with E-state index in [9.17, 15) is 4.79 Å². The fraction of sp³-hybridized carbons (Fsp3) is 0.400. The number of hydrogen-bond donors (Lipinski definition) is 0. The van der Waals surface area contributed by atoms with Crippen LogP contribution in [0.5, 0.6) is 0 Å². The van der Waals surface area contributed by atoms with E-state index in [4.69, 9.17) is 4.42 Å². The third-order valence-electron chi connectivity index (χ3n) is 3.17. The van der Waals surface area contributed by atoms with Crippen LogP contribution in [0, 0.1) is 0 Å². The van der Waals surface area contributed by atoms with Gasteiger partial charge in [0.15, 0.2) is 0 Å². The normalized spacial score (nSPS) is 10.5. The Morgan fingerprint density at radius 3 is 2.45 bits per heavy atom. The van der Waals surface area contributed by atoms with Crippen molar-refractivity contribution in [2.75, 3.05) is 13.1 Å². The van der Waals surface area contributed by atoms with E-state index in [1.807, 2.05) is 32.0 Å². The quantitative estimate of drug-likeness (QED) is 0.810. The van der Waals surface area contributed by atoms with Crippen LogP contribution in [0.4, 0.5) is 0 Å². The maximum absolute atomic E-state index is 12.0. The molecule has 20 heavy (non-hydrogen) atoms. The minimum atomic E-state index is -0.200. The van der Waals surface area contributed by atoms with Crippen molar-refractivity contribution in [1.29, 1.82) is 0 Å². The molecule has 0 aliphatic rings. The standard InChI is InChI=1S/C15H19N3O2/c1-3-18(4-2)15(19)14-17-16-13(20-14)11-10-12-8-6-5-7-9-12/h5-9H,3-4,10-11H2,1-2H3. The smallest absolute Gasteiger partial charge is 0.311 e. The largest absolute Gasteiger partial charge is 0.417 e. The summed E-state index contributed by atoms with van der Waals surface area (Å²) in [6, 6.07) is 10.1.